The van der Waals surface area contributed by atoms with Crippen molar-refractivity contribution in [3.8, 4) is 5.75 Å². The van der Waals surface area contributed by atoms with E-state index < -0.39 is 10.8 Å². The average molecular weight is 307 g/mol. The molecule has 0 unspecified atom stereocenters. The molecule has 0 spiro atoms. The third-order valence-electron chi connectivity index (χ3n) is 2.74. The lowest BCUT2D eigenvalue weighted by atomic mass is 10.2. The molecule has 0 atom stereocenters. The van der Waals surface area contributed by atoms with Crippen LogP contribution in [0, 0.1) is 10.1 Å². The van der Waals surface area contributed by atoms with Crippen LogP contribution in [0.1, 0.15) is 10.4 Å². The molecule has 21 heavy (non-hydrogen) atoms. The highest BCUT2D eigenvalue weighted by atomic mass is 35.5. The van der Waals surface area contributed by atoms with Crippen LogP contribution in [0.4, 0.5) is 11.4 Å². The maximum atomic E-state index is 12.1. The van der Waals surface area contributed by atoms with Crippen LogP contribution in [0.5, 0.6) is 5.75 Å². The summed E-state index contributed by atoms with van der Waals surface area (Å²) in [6, 6.07) is 10.5. The first-order valence-corrected chi connectivity index (χ1v) is 6.28. The molecule has 2 aromatic rings. The van der Waals surface area contributed by atoms with E-state index in [9.17, 15) is 14.9 Å². The largest absolute Gasteiger partial charge is 0.496 e. The zero-order valence-corrected chi connectivity index (χ0v) is 11.8. The summed E-state index contributed by atoms with van der Waals surface area (Å²) in [5, 5.41) is 13.9. The maximum absolute atomic E-state index is 12.1. The lowest BCUT2D eigenvalue weighted by molar-refractivity contribution is -0.384. The molecule has 0 bridgehead atoms. The number of halogens is 1. The second-order valence-corrected chi connectivity index (χ2v) is 4.54. The number of amides is 1. The van der Waals surface area contributed by atoms with Crippen LogP contribution >= 0.6 is 11.6 Å². The fourth-order valence-corrected chi connectivity index (χ4v) is 1.91. The Morgan fingerprint density at radius 3 is 2.67 bits per heavy atom. The van der Waals surface area contributed by atoms with Crippen molar-refractivity contribution in [1.29, 1.82) is 0 Å². The van der Waals surface area contributed by atoms with E-state index >= 15 is 0 Å². The summed E-state index contributed by atoms with van der Waals surface area (Å²) in [5.41, 5.74) is 0.156. The van der Waals surface area contributed by atoms with Crippen molar-refractivity contribution < 1.29 is 14.5 Å². The van der Waals surface area contributed by atoms with Gasteiger partial charge in [-0.25, -0.2) is 0 Å². The molecule has 2 aromatic carbocycles. The molecule has 2 rings (SSSR count). The number of nitro benzene ring substituents is 1. The summed E-state index contributed by atoms with van der Waals surface area (Å²) < 4.78 is 4.93. The summed E-state index contributed by atoms with van der Waals surface area (Å²) >= 11 is 5.81. The Labute approximate surface area is 125 Å². The van der Waals surface area contributed by atoms with Gasteiger partial charge in [-0.2, -0.15) is 0 Å². The Kier molecular flexibility index (Phi) is 4.39. The monoisotopic (exact) mass is 306 g/mol. The molecule has 0 saturated carbocycles. The van der Waals surface area contributed by atoms with Crippen molar-refractivity contribution in [2.24, 2.45) is 0 Å². The number of ether oxygens (including phenoxy) is 1. The van der Waals surface area contributed by atoms with Gasteiger partial charge in [-0.05, 0) is 30.3 Å². The fourth-order valence-electron chi connectivity index (χ4n) is 1.72. The SMILES string of the molecule is COc1ccc(NC(=O)c2cccc(Cl)c2)c([N+](=O)[O-])c1. The molecular formula is C14H11ClN2O4. The van der Waals surface area contributed by atoms with Crippen molar-refractivity contribution in [3.63, 3.8) is 0 Å². The fraction of sp³-hybridized carbons (Fsp3) is 0.0714. The second-order valence-electron chi connectivity index (χ2n) is 4.10. The molecule has 0 aromatic heterocycles. The van der Waals surface area contributed by atoms with Gasteiger partial charge in [0, 0.05) is 10.6 Å². The van der Waals surface area contributed by atoms with Gasteiger partial charge in [0.25, 0.3) is 11.6 Å². The first-order valence-electron chi connectivity index (χ1n) is 5.90. The molecule has 0 radical (unpaired) electrons. The van der Waals surface area contributed by atoms with Crippen LogP contribution in [-0.2, 0) is 0 Å². The first kappa shape index (κ1) is 14.8. The van der Waals surface area contributed by atoms with Gasteiger partial charge in [-0.3, -0.25) is 14.9 Å². The van der Waals surface area contributed by atoms with Gasteiger partial charge in [0.15, 0.2) is 0 Å². The molecule has 108 valence electrons. The van der Waals surface area contributed by atoms with Crippen molar-refractivity contribution >= 4 is 28.9 Å². The van der Waals surface area contributed by atoms with Gasteiger partial charge in [0.2, 0.25) is 0 Å². The number of anilines is 1. The topological polar surface area (TPSA) is 81.5 Å². The lowest BCUT2D eigenvalue weighted by Crippen LogP contribution is -2.13. The van der Waals surface area contributed by atoms with Gasteiger partial charge in [-0.1, -0.05) is 17.7 Å². The Hall–Kier alpha value is -2.60. The first-order chi connectivity index (χ1) is 10.0. The molecule has 7 heteroatoms. The van der Waals surface area contributed by atoms with Crippen LogP contribution in [0.25, 0.3) is 0 Å². The average Bonchev–Trinajstić information content (AvgIpc) is 2.47. The minimum Gasteiger partial charge on any atom is -0.496 e. The van der Waals surface area contributed by atoms with Crippen molar-refractivity contribution in [1.82, 2.24) is 0 Å². The quantitative estimate of drug-likeness (QED) is 0.692. The molecular weight excluding hydrogens is 296 g/mol. The highest BCUT2D eigenvalue weighted by Gasteiger charge is 2.18. The van der Waals surface area contributed by atoms with Crippen LogP contribution in [0.2, 0.25) is 5.02 Å². The number of nitrogens with zero attached hydrogens (tertiary/aromatic N) is 1. The molecule has 0 heterocycles. The number of methoxy groups -OCH3 is 1. The van der Waals surface area contributed by atoms with Crippen molar-refractivity contribution in [2.45, 2.75) is 0 Å². The van der Waals surface area contributed by atoms with E-state index in [0.717, 1.165) is 0 Å². The number of hydrogen-bond acceptors (Lipinski definition) is 4. The predicted molar refractivity (Wildman–Crippen MR) is 79.1 cm³/mol. The summed E-state index contributed by atoms with van der Waals surface area (Å²) in [5.74, 6) is -0.145. The third kappa shape index (κ3) is 3.49. The number of hydrogen-bond donors (Lipinski definition) is 1. The summed E-state index contributed by atoms with van der Waals surface area (Å²) in [6.45, 7) is 0. The molecule has 0 aliphatic rings. The van der Waals surface area contributed by atoms with E-state index in [1.54, 1.807) is 18.2 Å². The molecule has 6 nitrogen and oxygen atoms in total. The van der Waals surface area contributed by atoms with Gasteiger partial charge >= 0.3 is 0 Å². The van der Waals surface area contributed by atoms with E-state index in [1.165, 1.54) is 31.4 Å². The molecule has 1 amide bonds. The summed E-state index contributed by atoms with van der Waals surface area (Å²) in [6.07, 6.45) is 0. The maximum Gasteiger partial charge on any atom is 0.296 e. The highest BCUT2D eigenvalue weighted by Crippen LogP contribution is 2.29. The number of nitrogens with one attached hydrogen (secondary N) is 1. The molecule has 0 aliphatic carbocycles. The van der Waals surface area contributed by atoms with E-state index in [0.29, 0.717) is 16.3 Å². The van der Waals surface area contributed by atoms with Gasteiger partial charge in [-0.15, -0.1) is 0 Å². The predicted octanol–water partition coefficient (Wildman–Crippen LogP) is 3.51. The minimum atomic E-state index is -0.587. The van der Waals surface area contributed by atoms with Gasteiger partial charge < -0.3 is 10.1 Å². The highest BCUT2D eigenvalue weighted by molar-refractivity contribution is 6.31. The lowest BCUT2D eigenvalue weighted by Gasteiger charge is -2.07. The number of carbonyl (C=O) groups excluding carboxylic acids is 1. The van der Waals surface area contributed by atoms with Gasteiger partial charge in [0.05, 0.1) is 18.1 Å². The third-order valence-corrected chi connectivity index (χ3v) is 2.97. The number of nitro groups is 1. The Morgan fingerprint density at radius 2 is 2.05 bits per heavy atom. The Balaban J connectivity index is 2.31. The van der Waals surface area contributed by atoms with Gasteiger partial charge in [0.1, 0.15) is 11.4 Å². The molecule has 0 saturated heterocycles. The van der Waals surface area contributed by atoms with Crippen LogP contribution < -0.4 is 10.1 Å². The van der Waals surface area contributed by atoms with E-state index in [4.69, 9.17) is 16.3 Å². The van der Waals surface area contributed by atoms with Crippen LogP contribution in [-0.4, -0.2) is 17.9 Å². The second kappa shape index (κ2) is 6.23. The molecule has 0 fully saturated rings. The van der Waals surface area contributed by atoms with Crippen molar-refractivity contribution in [3.05, 3.63) is 63.2 Å². The van der Waals surface area contributed by atoms with Crippen LogP contribution in [0.15, 0.2) is 42.5 Å². The van der Waals surface area contributed by atoms with E-state index in [-0.39, 0.29) is 11.4 Å². The zero-order valence-electron chi connectivity index (χ0n) is 11.0. The summed E-state index contributed by atoms with van der Waals surface area (Å²) in [7, 11) is 1.41. The summed E-state index contributed by atoms with van der Waals surface area (Å²) in [4.78, 5) is 22.5. The molecule has 0 aliphatic heterocycles. The van der Waals surface area contributed by atoms with Crippen molar-refractivity contribution in [2.75, 3.05) is 12.4 Å². The number of carbonyl (C=O) groups is 1. The van der Waals surface area contributed by atoms with E-state index in [1.807, 2.05) is 0 Å². The minimum absolute atomic E-state index is 0.0887. The number of benzene rings is 2. The number of rotatable bonds is 4. The normalized spacial score (nSPS) is 10.0. The standard InChI is InChI=1S/C14H11ClN2O4/c1-21-11-5-6-12(13(8-11)17(19)20)16-14(18)9-3-2-4-10(15)7-9/h2-8H,1H3,(H,16,18). The Bertz CT molecular complexity index is 703. The van der Waals surface area contributed by atoms with E-state index in [2.05, 4.69) is 5.32 Å². The molecule has 1 N–H and O–H groups in total. The zero-order chi connectivity index (χ0) is 15.4. The smallest absolute Gasteiger partial charge is 0.296 e. The van der Waals surface area contributed by atoms with Crippen LogP contribution in [0.3, 0.4) is 0 Å². The Morgan fingerprint density at radius 1 is 1.29 bits per heavy atom.